The number of benzene rings is 1. The average Bonchev–Trinajstić information content (AvgIpc) is 2.82. The summed E-state index contributed by atoms with van der Waals surface area (Å²) in [6, 6.07) is 10.4. The minimum Gasteiger partial charge on any atom is -0.438 e. The molecule has 0 amide bonds. The summed E-state index contributed by atoms with van der Waals surface area (Å²) in [4.78, 5) is 0. The normalized spacial score (nSPS) is 11.2. The van der Waals surface area contributed by atoms with E-state index >= 15 is 0 Å². The van der Waals surface area contributed by atoms with Crippen LogP contribution >= 0.6 is 22.6 Å². The Kier molecular flexibility index (Phi) is 3.47. The number of aromatic nitrogens is 4. The number of halogens is 3. The third-order valence-corrected chi connectivity index (χ3v) is 3.15. The molecule has 0 fully saturated rings. The fourth-order valence-electron chi connectivity index (χ4n) is 1.63. The second kappa shape index (κ2) is 5.27. The molecule has 0 spiro atoms. The topological polar surface area (TPSA) is 52.3 Å². The third-order valence-electron chi connectivity index (χ3n) is 2.48. The molecule has 0 saturated carbocycles. The number of nitrogens with zero attached hydrogens (tertiary/aromatic N) is 4. The monoisotopic (exact) mass is 388 g/mol. The van der Waals surface area contributed by atoms with Crippen molar-refractivity contribution in [2.45, 2.75) is 6.43 Å². The molecule has 0 N–H and O–H groups in total. The highest BCUT2D eigenvalue weighted by Gasteiger charge is 2.17. The van der Waals surface area contributed by atoms with Gasteiger partial charge < -0.3 is 4.74 Å². The molecule has 8 heteroatoms. The Hall–Kier alpha value is -1.84. The first-order valence-corrected chi connectivity index (χ1v) is 6.65. The molecule has 2 aromatic heterocycles. The smallest absolute Gasteiger partial charge is 0.299 e. The van der Waals surface area contributed by atoms with E-state index in [0.717, 1.165) is 8.09 Å². The SMILES string of the molecule is FC(F)c1nnc2ccc(Oc3cccc(I)c3)nn12. The van der Waals surface area contributed by atoms with Gasteiger partial charge in [-0.15, -0.1) is 15.3 Å². The number of hydrogen-bond acceptors (Lipinski definition) is 4. The molecular weight excluding hydrogens is 381 g/mol. The lowest BCUT2D eigenvalue weighted by atomic mass is 10.3. The van der Waals surface area contributed by atoms with Gasteiger partial charge in [0, 0.05) is 9.64 Å². The number of hydrogen-bond donors (Lipinski definition) is 0. The Morgan fingerprint density at radius 2 is 2.00 bits per heavy atom. The molecule has 20 heavy (non-hydrogen) atoms. The van der Waals surface area contributed by atoms with Crippen molar-refractivity contribution in [3.8, 4) is 11.6 Å². The Bertz CT molecular complexity index is 762. The van der Waals surface area contributed by atoms with Crippen molar-refractivity contribution in [3.05, 3.63) is 45.8 Å². The fraction of sp³-hybridized carbons (Fsp3) is 0.0833. The summed E-state index contributed by atoms with van der Waals surface area (Å²) in [5.74, 6) is 0.268. The van der Waals surface area contributed by atoms with Gasteiger partial charge in [0.2, 0.25) is 11.7 Å². The van der Waals surface area contributed by atoms with Crippen molar-refractivity contribution < 1.29 is 13.5 Å². The van der Waals surface area contributed by atoms with Crippen LogP contribution in [0.15, 0.2) is 36.4 Å². The van der Waals surface area contributed by atoms with E-state index in [9.17, 15) is 8.78 Å². The molecule has 3 aromatic rings. The second-order valence-corrected chi connectivity index (χ2v) is 5.11. The van der Waals surface area contributed by atoms with E-state index in [4.69, 9.17) is 4.74 Å². The van der Waals surface area contributed by atoms with E-state index in [1.54, 1.807) is 12.1 Å². The molecule has 0 saturated heterocycles. The second-order valence-electron chi connectivity index (χ2n) is 3.86. The van der Waals surface area contributed by atoms with Gasteiger partial charge in [-0.2, -0.15) is 4.52 Å². The highest BCUT2D eigenvalue weighted by Crippen LogP contribution is 2.23. The minimum absolute atomic E-state index is 0.196. The maximum absolute atomic E-state index is 12.7. The lowest BCUT2D eigenvalue weighted by Gasteiger charge is -2.05. The predicted molar refractivity (Wildman–Crippen MR) is 75.0 cm³/mol. The van der Waals surface area contributed by atoms with Crippen LogP contribution in [-0.4, -0.2) is 19.8 Å². The Morgan fingerprint density at radius 1 is 1.15 bits per heavy atom. The third kappa shape index (κ3) is 2.55. The van der Waals surface area contributed by atoms with Gasteiger partial charge in [-0.25, -0.2) is 8.78 Å². The minimum atomic E-state index is -2.74. The summed E-state index contributed by atoms with van der Waals surface area (Å²) in [5, 5.41) is 11.0. The Labute approximate surface area is 125 Å². The molecule has 0 aliphatic carbocycles. The maximum atomic E-state index is 12.7. The zero-order chi connectivity index (χ0) is 14.1. The summed E-state index contributed by atoms with van der Waals surface area (Å²) in [5.41, 5.74) is 0.246. The predicted octanol–water partition coefficient (Wildman–Crippen LogP) is 3.46. The quantitative estimate of drug-likeness (QED) is 0.645. The van der Waals surface area contributed by atoms with Crippen LogP contribution in [0.2, 0.25) is 0 Å². The summed E-state index contributed by atoms with van der Waals surface area (Å²) in [6.45, 7) is 0. The van der Waals surface area contributed by atoms with Crippen LogP contribution in [0.4, 0.5) is 8.78 Å². The molecule has 0 atom stereocenters. The van der Waals surface area contributed by atoms with Gasteiger partial charge in [0.1, 0.15) is 5.75 Å². The fourth-order valence-corrected chi connectivity index (χ4v) is 2.14. The molecule has 0 aliphatic rings. The molecule has 0 aliphatic heterocycles. The zero-order valence-electron chi connectivity index (χ0n) is 9.87. The first-order chi connectivity index (χ1) is 9.63. The largest absolute Gasteiger partial charge is 0.438 e. The number of ether oxygens (including phenoxy) is 1. The zero-order valence-corrected chi connectivity index (χ0v) is 12.0. The van der Waals surface area contributed by atoms with Gasteiger partial charge in [0.15, 0.2) is 5.65 Å². The maximum Gasteiger partial charge on any atom is 0.299 e. The Balaban J connectivity index is 1.98. The van der Waals surface area contributed by atoms with Crippen molar-refractivity contribution in [2.75, 3.05) is 0 Å². The molecule has 102 valence electrons. The number of alkyl halides is 2. The van der Waals surface area contributed by atoms with E-state index in [1.807, 2.05) is 18.2 Å². The highest BCUT2D eigenvalue weighted by molar-refractivity contribution is 14.1. The van der Waals surface area contributed by atoms with E-state index in [-0.39, 0.29) is 11.5 Å². The standard InChI is InChI=1S/C12H7F2IN4O/c13-11(14)12-17-16-9-4-5-10(18-19(9)12)20-8-3-1-2-7(15)6-8/h1-6,11H. The van der Waals surface area contributed by atoms with Crippen LogP contribution < -0.4 is 4.74 Å². The molecule has 0 radical (unpaired) electrons. The van der Waals surface area contributed by atoms with Gasteiger partial charge in [-0.3, -0.25) is 0 Å². The molecule has 5 nitrogen and oxygen atoms in total. The van der Waals surface area contributed by atoms with Crippen molar-refractivity contribution in [3.63, 3.8) is 0 Å². The molecule has 3 rings (SSSR count). The summed E-state index contributed by atoms with van der Waals surface area (Å²) >= 11 is 2.15. The number of rotatable bonds is 3. The van der Waals surface area contributed by atoms with Gasteiger partial charge in [-0.1, -0.05) is 6.07 Å². The van der Waals surface area contributed by atoms with Crippen LogP contribution in [0.5, 0.6) is 11.6 Å². The van der Waals surface area contributed by atoms with Crippen LogP contribution in [-0.2, 0) is 0 Å². The van der Waals surface area contributed by atoms with Gasteiger partial charge >= 0.3 is 0 Å². The van der Waals surface area contributed by atoms with Gasteiger partial charge in [0.25, 0.3) is 6.43 Å². The molecular formula is C12H7F2IN4O. The van der Waals surface area contributed by atoms with Gasteiger partial charge in [0.05, 0.1) is 0 Å². The van der Waals surface area contributed by atoms with E-state index < -0.39 is 12.2 Å². The lowest BCUT2D eigenvalue weighted by Crippen LogP contribution is -2.00. The molecule has 0 unspecified atom stereocenters. The average molecular weight is 388 g/mol. The Morgan fingerprint density at radius 3 is 2.75 bits per heavy atom. The van der Waals surface area contributed by atoms with E-state index in [0.29, 0.717) is 5.75 Å². The van der Waals surface area contributed by atoms with E-state index in [2.05, 4.69) is 37.9 Å². The highest BCUT2D eigenvalue weighted by atomic mass is 127. The van der Waals surface area contributed by atoms with Crippen molar-refractivity contribution in [1.82, 2.24) is 19.8 Å². The van der Waals surface area contributed by atoms with Gasteiger partial charge in [-0.05, 0) is 46.9 Å². The van der Waals surface area contributed by atoms with Crippen LogP contribution in [0.25, 0.3) is 5.65 Å². The lowest BCUT2D eigenvalue weighted by molar-refractivity contribution is 0.137. The summed E-state index contributed by atoms with van der Waals surface area (Å²) in [7, 11) is 0. The van der Waals surface area contributed by atoms with E-state index in [1.165, 1.54) is 6.07 Å². The molecule has 2 heterocycles. The molecule has 1 aromatic carbocycles. The van der Waals surface area contributed by atoms with Crippen molar-refractivity contribution in [1.29, 1.82) is 0 Å². The van der Waals surface area contributed by atoms with Crippen LogP contribution in [0.3, 0.4) is 0 Å². The van der Waals surface area contributed by atoms with Crippen molar-refractivity contribution in [2.24, 2.45) is 0 Å². The summed E-state index contributed by atoms with van der Waals surface area (Å²) < 4.78 is 33.0. The first-order valence-electron chi connectivity index (χ1n) is 5.57. The summed E-state index contributed by atoms with van der Waals surface area (Å²) in [6.07, 6.45) is -2.74. The van der Waals surface area contributed by atoms with Crippen LogP contribution in [0, 0.1) is 3.57 Å². The first kappa shape index (κ1) is 13.2. The molecule has 0 bridgehead atoms. The van der Waals surface area contributed by atoms with Crippen molar-refractivity contribution >= 4 is 28.2 Å². The number of fused-ring (bicyclic) bond motifs is 1. The van der Waals surface area contributed by atoms with Crippen LogP contribution in [0.1, 0.15) is 12.2 Å².